The van der Waals surface area contributed by atoms with Gasteiger partial charge in [0.2, 0.25) is 21.8 Å². The highest BCUT2D eigenvalue weighted by atomic mass is 35.5. The van der Waals surface area contributed by atoms with Crippen LogP contribution in [0.2, 0.25) is 5.02 Å². The second-order valence-corrected chi connectivity index (χ2v) is 11.2. The van der Waals surface area contributed by atoms with Gasteiger partial charge in [-0.25, -0.2) is 8.42 Å². The molecule has 1 N–H and O–H groups in total. The van der Waals surface area contributed by atoms with Crippen molar-refractivity contribution in [2.75, 3.05) is 23.7 Å². The second-order valence-electron chi connectivity index (χ2n) is 8.82. The molecule has 9 heteroatoms. The lowest BCUT2D eigenvalue weighted by Gasteiger charge is -2.33. The Hall–Kier alpha value is -2.58. The Balaban J connectivity index is 2.41. The number of sulfonamides is 1. The van der Waals surface area contributed by atoms with E-state index in [0.29, 0.717) is 23.7 Å². The number of aryl methyl sites for hydroxylation is 1. The Morgan fingerprint density at radius 2 is 1.74 bits per heavy atom. The summed E-state index contributed by atoms with van der Waals surface area (Å²) in [4.78, 5) is 28.1. The Bertz CT molecular complexity index is 1090. The number of nitrogens with zero attached hydrogens (tertiary/aromatic N) is 2. The zero-order valence-corrected chi connectivity index (χ0v) is 22.0. The number of benzene rings is 2. The molecular weight excluding hydrogens is 474 g/mol. The minimum Gasteiger partial charge on any atom is -0.354 e. The summed E-state index contributed by atoms with van der Waals surface area (Å²) in [5.74, 6) is -0.462. The number of rotatable bonds is 11. The van der Waals surface area contributed by atoms with Crippen LogP contribution < -0.4 is 9.62 Å². The van der Waals surface area contributed by atoms with E-state index >= 15 is 0 Å². The number of halogens is 1. The van der Waals surface area contributed by atoms with E-state index in [0.717, 1.165) is 21.7 Å². The molecule has 1 atom stereocenters. The summed E-state index contributed by atoms with van der Waals surface area (Å²) in [7, 11) is -3.77. The van der Waals surface area contributed by atoms with Gasteiger partial charge in [0.1, 0.15) is 12.6 Å². The highest BCUT2D eigenvalue weighted by Crippen LogP contribution is 2.22. The topological polar surface area (TPSA) is 86.8 Å². The molecule has 2 aromatic carbocycles. The molecule has 0 heterocycles. The molecule has 0 fully saturated rings. The minimum atomic E-state index is -3.77. The quantitative estimate of drug-likeness (QED) is 0.498. The van der Waals surface area contributed by atoms with Crippen LogP contribution in [0, 0.1) is 12.8 Å². The van der Waals surface area contributed by atoms with Gasteiger partial charge in [0.05, 0.1) is 11.9 Å². The maximum absolute atomic E-state index is 13.6. The molecule has 2 aromatic rings. The normalized spacial score (nSPS) is 12.3. The first-order chi connectivity index (χ1) is 15.9. The molecule has 0 aliphatic rings. The fraction of sp³-hybridized carbons (Fsp3) is 0.440. The van der Waals surface area contributed by atoms with Crippen LogP contribution in [0.25, 0.3) is 0 Å². The molecule has 2 rings (SSSR count). The molecule has 0 bridgehead atoms. The number of nitrogens with one attached hydrogen (secondary N) is 1. The molecule has 0 spiro atoms. The molecule has 0 aromatic heterocycles. The molecule has 0 saturated heterocycles. The second kappa shape index (κ2) is 12.2. The van der Waals surface area contributed by atoms with E-state index in [1.54, 1.807) is 24.3 Å². The van der Waals surface area contributed by atoms with E-state index in [9.17, 15) is 18.0 Å². The lowest BCUT2D eigenvalue weighted by atomic mass is 10.1. The van der Waals surface area contributed by atoms with Gasteiger partial charge in [-0.05, 0) is 49.1 Å². The van der Waals surface area contributed by atoms with Crippen molar-refractivity contribution >= 4 is 39.1 Å². The highest BCUT2D eigenvalue weighted by molar-refractivity contribution is 7.92. The third-order valence-electron chi connectivity index (χ3n) is 5.30. The summed E-state index contributed by atoms with van der Waals surface area (Å²) < 4.78 is 26.2. The maximum Gasteiger partial charge on any atom is 0.244 e. The summed E-state index contributed by atoms with van der Waals surface area (Å²) >= 11 is 5.95. The van der Waals surface area contributed by atoms with Crippen molar-refractivity contribution in [2.45, 2.75) is 46.7 Å². The molecule has 34 heavy (non-hydrogen) atoms. The van der Waals surface area contributed by atoms with Gasteiger partial charge in [-0.2, -0.15) is 0 Å². The van der Waals surface area contributed by atoms with Crippen molar-refractivity contribution in [1.29, 1.82) is 0 Å². The number of carbonyl (C=O) groups is 2. The van der Waals surface area contributed by atoms with Crippen LogP contribution in [0.4, 0.5) is 5.69 Å². The zero-order valence-electron chi connectivity index (χ0n) is 20.4. The molecule has 1 unspecified atom stereocenters. The molecule has 0 saturated carbocycles. The SMILES string of the molecule is CCC(C(=O)NCC(C)C)N(Cc1cccc(C)c1)C(=O)CN(c1ccc(Cl)cc1)S(C)(=O)=O. The van der Waals surface area contributed by atoms with Crippen molar-refractivity contribution < 1.29 is 18.0 Å². The summed E-state index contributed by atoms with van der Waals surface area (Å²) in [6, 6.07) is 13.2. The van der Waals surface area contributed by atoms with Crippen LogP contribution in [-0.2, 0) is 26.2 Å². The summed E-state index contributed by atoms with van der Waals surface area (Å²) in [6.45, 7) is 8.02. The molecule has 0 aliphatic heterocycles. The largest absolute Gasteiger partial charge is 0.354 e. The number of amides is 2. The van der Waals surface area contributed by atoms with Gasteiger partial charge < -0.3 is 10.2 Å². The van der Waals surface area contributed by atoms with Gasteiger partial charge in [0.25, 0.3) is 0 Å². The van der Waals surface area contributed by atoms with Crippen LogP contribution in [0.1, 0.15) is 38.3 Å². The van der Waals surface area contributed by atoms with Crippen LogP contribution in [0.15, 0.2) is 48.5 Å². The van der Waals surface area contributed by atoms with E-state index < -0.39 is 28.5 Å². The lowest BCUT2D eigenvalue weighted by Crippen LogP contribution is -2.52. The van der Waals surface area contributed by atoms with Crippen molar-refractivity contribution in [3.63, 3.8) is 0 Å². The van der Waals surface area contributed by atoms with Gasteiger partial charge in [-0.15, -0.1) is 0 Å². The van der Waals surface area contributed by atoms with Crippen molar-refractivity contribution in [3.8, 4) is 0 Å². The van der Waals surface area contributed by atoms with E-state index in [2.05, 4.69) is 5.32 Å². The van der Waals surface area contributed by atoms with E-state index in [-0.39, 0.29) is 18.4 Å². The van der Waals surface area contributed by atoms with Crippen LogP contribution >= 0.6 is 11.6 Å². The Morgan fingerprint density at radius 1 is 1.09 bits per heavy atom. The van der Waals surface area contributed by atoms with Crippen molar-refractivity contribution in [3.05, 3.63) is 64.7 Å². The summed E-state index contributed by atoms with van der Waals surface area (Å²) in [6.07, 6.45) is 1.44. The Morgan fingerprint density at radius 3 is 2.26 bits per heavy atom. The van der Waals surface area contributed by atoms with Gasteiger partial charge >= 0.3 is 0 Å². The summed E-state index contributed by atoms with van der Waals surface area (Å²) in [5.41, 5.74) is 2.22. The first-order valence-electron chi connectivity index (χ1n) is 11.3. The predicted molar refractivity (Wildman–Crippen MR) is 137 cm³/mol. The van der Waals surface area contributed by atoms with E-state index in [1.807, 2.05) is 52.0 Å². The van der Waals surface area contributed by atoms with Crippen LogP contribution in [0.5, 0.6) is 0 Å². The third-order valence-corrected chi connectivity index (χ3v) is 6.69. The van der Waals surface area contributed by atoms with E-state index in [4.69, 9.17) is 11.6 Å². The number of hydrogen-bond donors (Lipinski definition) is 1. The molecule has 2 amide bonds. The minimum absolute atomic E-state index is 0.187. The maximum atomic E-state index is 13.6. The Labute approximate surface area is 208 Å². The number of anilines is 1. The first-order valence-corrected chi connectivity index (χ1v) is 13.5. The number of hydrogen-bond acceptors (Lipinski definition) is 4. The van der Waals surface area contributed by atoms with Crippen molar-refractivity contribution in [2.24, 2.45) is 5.92 Å². The standard InChI is InChI=1S/C25H34ClN3O4S/c1-6-23(25(31)27-15-18(2)3)28(16-20-9-7-8-19(4)14-20)24(30)17-29(34(5,32)33)22-12-10-21(26)11-13-22/h7-14,18,23H,6,15-17H2,1-5H3,(H,27,31). The smallest absolute Gasteiger partial charge is 0.244 e. The molecule has 0 aliphatic carbocycles. The van der Waals surface area contributed by atoms with Gasteiger partial charge in [-0.1, -0.05) is 62.2 Å². The molecular formula is C25H34ClN3O4S. The van der Waals surface area contributed by atoms with E-state index in [1.165, 1.54) is 4.90 Å². The van der Waals surface area contributed by atoms with Crippen molar-refractivity contribution in [1.82, 2.24) is 10.2 Å². The fourth-order valence-corrected chi connectivity index (χ4v) is 4.55. The Kier molecular flexibility index (Phi) is 9.94. The zero-order chi connectivity index (χ0) is 25.5. The average molecular weight is 508 g/mol. The van der Waals surface area contributed by atoms with Crippen LogP contribution in [0.3, 0.4) is 0 Å². The number of carbonyl (C=O) groups excluding carboxylic acids is 2. The van der Waals surface area contributed by atoms with Gasteiger partial charge in [0, 0.05) is 18.1 Å². The predicted octanol–water partition coefficient (Wildman–Crippen LogP) is 3.99. The highest BCUT2D eigenvalue weighted by Gasteiger charge is 2.31. The molecule has 7 nitrogen and oxygen atoms in total. The van der Waals surface area contributed by atoms with Gasteiger partial charge in [-0.3, -0.25) is 13.9 Å². The molecule has 186 valence electrons. The van der Waals surface area contributed by atoms with Gasteiger partial charge in [0.15, 0.2) is 0 Å². The molecule has 0 radical (unpaired) electrons. The lowest BCUT2D eigenvalue weighted by molar-refractivity contribution is -0.140. The first kappa shape index (κ1) is 27.7. The monoisotopic (exact) mass is 507 g/mol. The average Bonchev–Trinajstić information content (AvgIpc) is 2.75. The summed E-state index contributed by atoms with van der Waals surface area (Å²) in [5, 5.41) is 3.36. The third kappa shape index (κ3) is 8.02. The van der Waals surface area contributed by atoms with Crippen LogP contribution in [-0.4, -0.2) is 50.5 Å². The fourth-order valence-electron chi connectivity index (χ4n) is 3.57.